The number of carbonyl (C=O) groups excluding carboxylic acids is 2. The zero-order valence-electron chi connectivity index (χ0n) is 17.9. The van der Waals surface area contributed by atoms with E-state index < -0.39 is 24.3 Å². The maximum Gasteiger partial charge on any atom is 0.416 e. The molecule has 2 amide bonds. The van der Waals surface area contributed by atoms with Gasteiger partial charge in [0.1, 0.15) is 4.32 Å². The van der Waals surface area contributed by atoms with E-state index >= 15 is 0 Å². The Morgan fingerprint density at radius 1 is 1.29 bits per heavy atom. The Hall–Kier alpha value is -2.57. The number of likely N-dealkylation sites (N-methyl/N-ethyl adjacent to an activating group) is 1. The number of thioether (sulfide) groups is 1. The number of amides is 2. The van der Waals surface area contributed by atoms with Crippen LogP contribution in [0.3, 0.4) is 0 Å². The average Bonchev–Trinajstić information content (AvgIpc) is 3.04. The van der Waals surface area contributed by atoms with Gasteiger partial charge in [-0.25, -0.2) is 0 Å². The lowest BCUT2D eigenvalue weighted by Gasteiger charge is -2.14. The third-order valence-corrected chi connectivity index (χ3v) is 6.53. The summed E-state index contributed by atoms with van der Waals surface area (Å²) in [5.74, 6) is -0.321. The number of alkyl halides is 3. The number of benzene rings is 2. The van der Waals surface area contributed by atoms with Gasteiger partial charge >= 0.3 is 6.18 Å². The first kappa shape index (κ1) is 26.0. The number of halogens is 4. The van der Waals surface area contributed by atoms with E-state index in [1.165, 1.54) is 35.9 Å². The third-order valence-electron chi connectivity index (χ3n) is 4.56. The van der Waals surface area contributed by atoms with Crippen LogP contribution in [0.15, 0.2) is 45.8 Å². The molecule has 0 atom stereocenters. The Kier molecular flexibility index (Phi) is 8.26. The van der Waals surface area contributed by atoms with Crippen molar-refractivity contribution in [2.24, 2.45) is 0 Å². The van der Waals surface area contributed by atoms with E-state index in [9.17, 15) is 22.8 Å². The second kappa shape index (κ2) is 10.8. The largest absolute Gasteiger partial charge is 0.493 e. The fourth-order valence-corrected chi connectivity index (χ4v) is 4.95. The van der Waals surface area contributed by atoms with Crippen LogP contribution in [0.4, 0.5) is 18.9 Å². The van der Waals surface area contributed by atoms with Gasteiger partial charge in [-0.05, 0) is 64.8 Å². The number of nitrogens with one attached hydrogen (secondary N) is 1. The Balaban J connectivity index is 1.72. The van der Waals surface area contributed by atoms with Crippen molar-refractivity contribution >= 4 is 67.8 Å². The predicted octanol–water partition coefficient (Wildman–Crippen LogP) is 5.72. The van der Waals surface area contributed by atoms with Gasteiger partial charge in [-0.3, -0.25) is 14.5 Å². The fourth-order valence-electron chi connectivity index (χ4n) is 3.00. The highest BCUT2D eigenvalue weighted by atomic mass is 79.9. The summed E-state index contributed by atoms with van der Waals surface area (Å²) < 4.78 is 50.4. The topological polar surface area (TPSA) is 67.9 Å². The second-order valence-electron chi connectivity index (χ2n) is 6.88. The quantitative estimate of drug-likeness (QED) is 0.337. The smallest absolute Gasteiger partial charge is 0.416 e. The van der Waals surface area contributed by atoms with Gasteiger partial charge in [0.15, 0.2) is 18.1 Å². The van der Waals surface area contributed by atoms with E-state index in [1.54, 1.807) is 18.2 Å². The number of anilines is 1. The number of hydrogen-bond acceptors (Lipinski definition) is 6. The molecule has 12 heteroatoms. The van der Waals surface area contributed by atoms with Gasteiger partial charge in [-0.15, -0.1) is 0 Å². The average molecular weight is 575 g/mol. The molecule has 34 heavy (non-hydrogen) atoms. The fraction of sp³-hybridized carbons (Fsp3) is 0.227. The van der Waals surface area contributed by atoms with E-state index in [-0.39, 0.29) is 17.3 Å². The third kappa shape index (κ3) is 6.10. The van der Waals surface area contributed by atoms with Gasteiger partial charge in [0.2, 0.25) is 0 Å². The molecule has 2 aromatic carbocycles. The second-order valence-corrected chi connectivity index (χ2v) is 9.41. The van der Waals surface area contributed by atoms with Crippen molar-refractivity contribution < 1.29 is 32.2 Å². The summed E-state index contributed by atoms with van der Waals surface area (Å²) in [5.41, 5.74) is -0.239. The molecule has 1 fully saturated rings. The molecule has 180 valence electrons. The summed E-state index contributed by atoms with van der Waals surface area (Å²) in [7, 11) is 1.41. The van der Waals surface area contributed by atoms with Crippen LogP contribution in [0, 0.1) is 0 Å². The van der Waals surface area contributed by atoms with Crippen molar-refractivity contribution in [3.05, 3.63) is 56.9 Å². The predicted molar refractivity (Wildman–Crippen MR) is 132 cm³/mol. The normalized spacial score (nSPS) is 15.1. The van der Waals surface area contributed by atoms with Gasteiger partial charge < -0.3 is 14.8 Å². The van der Waals surface area contributed by atoms with Crippen molar-refractivity contribution in [3.63, 3.8) is 0 Å². The van der Waals surface area contributed by atoms with Gasteiger partial charge in [0.05, 0.1) is 22.1 Å². The molecule has 3 rings (SSSR count). The number of hydrogen-bond donors (Lipinski definition) is 1. The van der Waals surface area contributed by atoms with Crippen LogP contribution in [0.2, 0.25) is 0 Å². The Labute approximate surface area is 211 Å². The van der Waals surface area contributed by atoms with Gasteiger partial charge in [-0.2, -0.15) is 13.2 Å². The lowest BCUT2D eigenvalue weighted by molar-refractivity contribution is -0.137. The molecule has 0 bridgehead atoms. The van der Waals surface area contributed by atoms with Crippen molar-refractivity contribution in [1.82, 2.24) is 4.90 Å². The summed E-state index contributed by atoms with van der Waals surface area (Å²) in [6.07, 6.45) is -2.85. The first-order valence-electron chi connectivity index (χ1n) is 9.76. The van der Waals surface area contributed by atoms with Crippen LogP contribution in [0.25, 0.3) is 6.08 Å². The van der Waals surface area contributed by atoms with Crippen molar-refractivity contribution in [2.45, 2.75) is 13.1 Å². The highest BCUT2D eigenvalue weighted by Gasteiger charge is 2.31. The number of ether oxygens (including phenoxy) is 2. The Bertz CT molecular complexity index is 1170. The summed E-state index contributed by atoms with van der Waals surface area (Å²) in [6, 6.07) is 7.61. The molecule has 0 saturated carbocycles. The molecular weight excluding hydrogens is 557 g/mol. The molecule has 0 radical (unpaired) electrons. The molecule has 1 heterocycles. The minimum atomic E-state index is -4.52. The van der Waals surface area contributed by atoms with E-state index in [2.05, 4.69) is 21.2 Å². The van der Waals surface area contributed by atoms with Crippen molar-refractivity contribution in [2.75, 3.05) is 25.6 Å². The number of thiocarbonyl (C=S) groups is 1. The molecular formula is C22H18BrF3N2O4S2. The Morgan fingerprint density at radius 2 is 2.03 bits per heavy atom. The van der Waals surface area contributed by atoms with Crippen LogP contribution in [0.5, 0.6) is 11.5 Å². The maximum atomic E-state index is 12.9. The molecule has 1 saturated heterocycles. The highest BCUT2D eigenvalue weighted by molar-refractivity contribution is 9.10. The number of methoxy groups -OCH3 is 1. The highest BCUT2D eigenvalue weighted by Crippen LogP contribution is 2.39. The summed E-state index contributed by atoms with van der Waals surface area (Å²) in [5, 5.41) is 2.37. The molecule has 1 aliphatic heterocycles. The zero-order chi connectivity index (χ0) is 25.0. The molecule has 0 unspecified atom stereocenters. The zero-order valence-corrected chi connectivity index (χ0v) is 21.1. The molecule has 0 aliphatic carbocycles. The Morgan fingerprint density at radius 3 is 2.65 bits per heavy atom. The van der Waals surface area contributed by atoms with Crippen LogP contribution in [-0.4, -0.2) is 41.3 Å². The lowest BCUT2D eigenvalue weighted by atomic mass is 10.2. The van der Waals surface area contributed by atoms with Gasteiger partial charge in [0, 0.05) is 12.2 Å². The van der Waals surface area contributed by atoms with E-state index in [1.807, 2.05) is 6.92 Å². The van der Waals surface area contributed by atoms with Crippen LogP contribution >= 0.6 is 39.9 Å². The van der Waals surface area contributed by atoms with E-state index in [0.29, 0.717) is 31.6 Å². The van der Waals surface area contributed by atoms with E-state index in [4.69, 9.17) is 21.7 Å². The molecule has 1 aliphatic rings. The van der Waals surface area contributed by atoms with Crippen molar-refractivity contribution in [3.8, 4) is 11.5 Å². The molecule has 0 aromatic heterocycles. The molecule has 0 spiro atoms. The minimum absolute atomic E-state index is 0.00537. The molecule has 6 nitrogen and oxygen atoms in total. The monoisotopic (exact) mass is 574 g/mol. The summed E-state index contributed by atoms with van der Waals surface area (Å²) in [4.78, 5) is 26.6. The summed E-state index contributed by atoms with van der Waals surface area (Å²) in [6.45, 7) is 1.84. The molecule has 2 aromatic rings. The van der Waals surface area contributed by atoms with Crippen molar-refractivity contribution in [1.29, 1.82) is 0 Å². The summed E-state index contributed by atoms with van der Waals surface area (Å²) >= 11 is 9.79. The SMILES string of the molecule is CCN1C(=O)/C(=C/c2cc(Br)c(OCC(=O)Nc3cccc(C(F)(F)F)c3)c(OC)c2)SC1=S. The maximum absolute atomic E-state index is 12.9. The standard InChI is InChI=1S/C22H18BrF3N2O4S2/c1-3-28-20(30)17(34-21(28)33)9-12-7-15(23)19(16(8-12)31-2)32-11-18(29)27-14-6-4-5-13(10-14)22(24,25)26/h4-10H,3,11H2,1-2H3,(H,27,29)/b17-9-. The minimum Gasteiger partial charge on any atom is -0.493 e. The van der Waals surface area contributed by atoms with Gasteiger partial charge in [-0.1, -0.05) is 30.0 Å². The van der Waals surface area contributed by atoms with Crippen LogP contribution in [-0.2, 0) is 15.8 Å². The number of carbonyl (C=O) groups is 2. The first-order valence-corrected chi connectivity index (χ1v) is 11.8. The van der Waals surface area contributed by atoms with Crippen LogP contribution < -0.4 is 14.8 Å². The van der Waals surface area contributed by atoms with Gasteiger partial charge in [0.25, 0.3) is 11.8 Å². The molecule has 1 N–H and O–H groups in total. The number of rotatable bonds is 7. The van der Waals surface area contributed by atoms with Crippen LogP contribution in [0.1, 0.15) is 18.1 Å². The lowest BCUT2D eigenvalue weighted by Crippen LogP contribution is -2.27. The first-order chi connectivity index (χ1) is 16.0. The van der Waals surface area contributed by atoms with E-state index in [0.717, 1.165) is 12.1 Å². The number of nitrogens with zero attached hydrogens (tertiary/aromatic N) is 1.